The van der Waals surface area contributed by atoms with E-state index in [0.717, 1.165) is 33.5 Å². The molecular weight excluding hydrogens is 280 g/mol. The van der Waals surface area contributed by atoms with Crippen molar-refractivity contribution in [3.8, 4) is 16.7 Å². The van der Waals surface area contributed by atoms with Gasteiger partial charge in [-0.05, 0) is 29.5 Å². The van der Waals surface area contributed by atoms with E-state index in [9.17, 15) is 0 Å². The number of hydrogen-bond acceptors (Lipinski definition) is 4. The third-order valence-electron chi connectivity index (χ3n) is 3.11. The molecule has 3 rings (SSSR count). The Balaban J connectivity index is 1.83. The minimum atomic E-state index is 0.654. The van der Waals surface area contributed by atoms with Gasteiger partial charge >= 0.3 is 0 Å². The molecule has 2 aromatic carbocycles. The van der Waals surface area contributed by atoms with Crippen molar-refractivity contribution in [1.29, 1.82) is 5.26 Å². The first kappa shape index (κ1) is 13.4. The maximum absolute atomic E-state index is 8.65. The Hall–Kier alpha value is -2.58. The molecule has 3 aromatic rings. The topological polar surface area (TPSA) is 54.5 Å². The molecule has 0 unspecified atom stereocenters. The minimum Gasteiger partial charge on any atom is -0.240 e. The number of thioether (sulfide) groups is 1. The second kappa shape index (κ2) is 6.25. The van der Waals surface area contributed by atoms with Crippen LogP contribution >= 0.6 is 11.8 Å². The number of nitriles is 1. The van der Waals surface area contributed by atoms with E-state index in [1.165, 1.54) is 0 Å². The van der Waals surface area contributed by atoms with Crippen molar-refractivity contribution in [2.45, 2.75) is 11.4 Å². The Morgan fingerprint density at radius 1 is 1.05 bits per heavy atom. The van der Waals surface area contributed by atoms with Crippen LogP contribution < -0.4 is 0 Å². The van der Waals surface area contributed by atoms with Gasteiger partial charge in [0.05, 0.1) is 18.4 Å². The summed E-state index contributed by atoms with van der Waals surface area (Å²) in [6.07, 6.45) is 1.77. The highest BCUT2D eigenvalue weighted by atomic mass is 32.2. The van der Waals surface area contributed by atoms with E-state index in [0.29, 0.717) is 6.54 Å². The van der Waals surface area contributed by atoms with E-state index in [1.54, 1.807) is 6.20 Å². The van der Waals surface area contributed by atoms with E-state index < -0.39 is 0 Å². The molecule has 0 saturated carbocycles. The Morgan fingerprint density at radius 2 is 1.81 bits per heavy atom. The second-order valence-electron chi connectivity index (χ2n) is 4.48. The van der Waals surface area contributed by atoms with E-state index in [4.69, 9.17) is 5.26 Å². The number of hydrogen-bond donors (Lipinski definition) is 0. The predicted molar refractivity (Wildman–Crippen MR) is 82.5 cm³/mol. The summed E-state index contributed by atoms with van der Waals surface area (Å²) in [6, 6.07) is 18.0. The number of rotatable bonds is 4. The lowest BCUT2D eigenvalue weighted by atomic mass is 10.1. The number of nitrogens with zero attached hydrogens (tertiary/aromatic N) is 4. The molecular formula is C16H12N4S. The Morgan fingerprint density at radius 3 is 2.52 bits per heavy atom. The summed E-state index contributed by atoms with van der Waals surface area (Å²) in [7, 11) is 0. The summed E-state index contributed by atoms with van der Waals surface area (Å²) in [5, 5.41) is 18.9. The monoisotopic (exact) mass is 292 g/mol. The third-order valence-corrected chi connectivity index (χ3v) is 3.71. The van der Waals surface area contributed by atoms with Crippen LogP contribution in [-0.4, -0.2) is 15.0 Å². The lowest BCUT2D eigenvalue weighted by molar-refractivity contribution is 0.655. The van der Waals surface area contributed by atoms with Crippen LogP contribution in [0.15, 0.2) is 65.7 Å². The van der Waals surface area contributed by atoms with Gasteiger partial charge in [-0.25, -0.2) is 4.68 Å². The van der Waals surface area contributed by atoms with Crippen molar-refractivity contribution >= 4 is 11.8 Å². The maximum Gasteiger partial charge on any atom is 0.138 e. The summed E-state index contributed by atoms with van der Waals surface area (Å²) >= 11 is 1.16. The van der Waals surface area contributed by atoms with Gasteiger partial charge in [0.2, 0.25) is 0 Å². The number of aromatic nitrogens is 3. The highest BCUT2D eigenvalue weighted by Gasteiger charge is 2.06. The highest BCUT2D eigenvalue weighted by molar-refractivity contribution is 8.03. The first-order chi connectivity index (χ1) is 10.4. The lowest BCUT2D eigenvalue weighted by Crippen LogP contribution is -2.03. The SMILES string of the molecule is N#CSc1ccc(Cn2nncc2-c2ccccc2)cc1. The molecule has 102 valence electrons. The summed E-state index contributed by atoms with van der Waals surface area (Å²) < 4.78 is 1.88. The normalized spacial score (nSPS) is 10.2. The summed E-state index contributed by atoms with van der Waals surface area (Å²) in [6.45, 7) is 0.654. The first-order valence-electron chi connectivity index (χ1n) is 6.45. The fraction of sp³-hybridized carbons (Fsp3) is 0.0625. The van der Waals surface area contributed by atoms with Gasteiger partial charge in [-0.1, -0.05) is 47.7 Å². The zero-order valence-corrected chi connectivity index (χ0v) is 12.0. The van der Waals surface area contributed by atoms with Gasteiger partial charge < -0.3 is 0 Å². The lowest BCUT2D eigenvalue weighted by Gasteiger charge is -2.06. The Labute approximate surface area is 127 Å². The molecule has 0 amide bonds. The Kier molecular flexibility index (Phi) is 3.99. The molecule has 0 bridgehead atoms. The quantitative estimate of drug-likeness (QED) is 0.545. The molecule has 0 fully saturated rings. The van der Waals surface area contributed by atoms with Gasteiger partial charge in [0.15, 0.2) is 0 Å². The fourth-order valence-corrected chi connectivity index (χ4v) is 2.47. The number of benzene rings is 2. The summed E-state index contributed by atoms with van der Waals surface area (Å²) in [5.74, 6) is 0. The Bertz CT molecular complexity index is 757. The average molecular weight is 292 g/mol. The van der Waals surface area contributed by atoms with Crippen molar-refractivity contribution in [1.82, 2.24) is 15.0 Å². The predicted octanol–water partition coefficient (Wildman–Crippen LogP) is 3.57. The second-order valence-corrected chi connectivity index (χ2v) is 5.34. The van der Waals surface area contributed by atoms with E-state index in [-0.39, 0.29) is 0 Å². The molecule has 0 atom stereocenters. The van der Waals surface area contributed by atoms with Crippen LogP contribution in [0.5, 0.6) is 0 Å². The van der Waals surface area contributed by atoms with E-state index >= 15 is 0 Å². The average Bonchev–Trinajstić information content (AvgIpc) is 2.98. The van der Waals surface area contributed by atoms with Gasteiger partial charge in [0.1, 0.15) is 5.40 Å². The molecule has 0 saturated heterocycles. The van der Waals surface area contributed by atoms with Crippen molar-refractivity contribution in [3.63, 3.8) is 0 Å². The van der Waals surface area contributed by atoms with Crippen LogP contribution in [0.2, 0.25) is 0 Å². The van der Waals surface area contributed by atoms with Crippen LogP contribution in [0.1, 0.15) is 5.56 Å². The highest BCUT2D eigenvalue weighted by Crippen LogP contribution is 2.20. The largest absolute Gasteiger partial charge is 0.240 e. The van der Waals surface area contributed by atoms with E-state index in [2.05, 4.69) is 15.7 Å². The van der Waals surface area contributed by atoms with Crippen molar-refractivity contribution in [2.24, 2.45) is 0 Å². The standard InChI is InChI=1S/C16H12N4S/c17-12-21-15-8-6-13(7-9-15)11-20-16(10-18-19-20)14-4-2-1-3-5-14/h1-10H,11H2. The smallest absolute Gasteiger partial charge is 0.138 e. The van der Waals surface area contributed by atoms with Crippen molar-refractivity contribution < 1.29 is 0 Å². The molecule has 21 heavy (non-hydrogen) atoms. The van der Waals surface area contributed by atoms with Crippen LogP contribution in [0.4, 0.5) is 0 Å². The summed E-state index contributed by atoms with van der Waals surface area (Å²) in [4.78, 5) is 0.947. The first-order valence-corrected chi connectivity index (χ1v) is 7.27. The molecule has 0 radical (unpaired) electrons. The zero-order valence-electron chi connectivity index (χ0n) is 11.2. The zero-order chi connectivity index (χ0) is 14.5. The minimum absolute atomic E-state index is 0.654. The van der Waals surface area contributed by atoms with Gasteiger partial charge in [-0.2, -0.15) is 5.26 Å². The fourth-order valence-electron chi connectivity index (χ4n) is 2.10. The molecule has 0 N–H and O–H groups in total. The maximum atomic E-state index is 8.65. The van der Waals surface area contributed by atoms with Crippen LogP contribution in [0.3, 0.4) is 0 Å². The van der Waals surface area contributed by atoms with Gasteiger partial charge in [0.25, 0.3) is 0 Å². The third kappa shape index (κ3) is 3.12. The van der Waals surface area contributed by atoms with Crippen LogP contribution in [-0.2, 0) is 6.54 Å². The van der Waals surface area contributed by atoms with Gasteiger partial charge in [0, 0.05) is 10.5 Å². The molecule has 0 aliphatic rings. The van der Waals surface area contributed by atoms with Gasteiger partial charge in [-0.15, -0.1) is 5.10 Å². The van der Waals surface area contributed by atoms with Crippen molar-refractivity contribution in [3.05, 3.63) is 66.4 Å². The molecule has 0 aliphatic heterocycles. The molecule has 0 spiro atoms. The van der Waals surface area contributed by atoms with Crippen molar-refractivity contribution in [2.75, 3.05) is 0 Å². The molecule has 5 heteroatoms. The molecule has 4 nitrogen and oxygen atoms in total. The van der Waals surface area contributed by atoms with Crippen LogP contribution in [0, 0.1) is 10.7 Å². The molecule has 1 heterocycles. The summed E-state index contributed by atoms with van der Waals surface area (Å²) in [5.41, 5.74) is 3.21. The van der Waals surface area contributed by atoms with Crippen LogP contribution in [0.25, 0.3) is 11.3 Å². The molecule has 0 aliphatic carbocycles. The molecule has 1 aromatic heterocycles. The van der Waals surface area contributed by atoms with E-state index in [1.807, 2.05) is 59.3 Å². The number of thiocyanates is 1. The van der Waals surface area contributed by atoms with Gasteiger partial charge in [-0.3, -0.25) is 0 Å².